The van der Waals surface area contributed by atoms with E-state index in [-0.39, 0.29) is 0 Å². The zero-order chi connectivity index (χ0) is 48.1. The summed E-state index contributed by atoms with van der Waals surface area (Å²) in [6, 6.07) is 109. The molecule has 0 unspecified atom stereocenters. The van der Waals surface area contributed by atoms with Crippen LogP contribution >= 0.6 is 0 Å². The van der Waals surface area contributed by atoms with Crippen LogP contribution in [0.4, 0.5) is 0 Å². The van der Waals surface area contributed by atoms with Crippen LogP contribution in [0.1, 0.15) is 44.5 Å². The molecule has 0 radical (unpaired) electrons. The summed E-state index contributed by atoms with van der Waals surface area (Å²) in [7, 11) is -7.86. The van der Waals surface area contributed by atoms with E-state index in [2.05, 4.69) is 281 Å². The van der Waals surface area contributed by atoms with Crippen molar-refractivity contribution in [3.05, 3.63) is 311 Å². The van der Waals surface area contributed by atoms with Gasteiger partial charge in [0.25, 0.3) is 0 Å². The van der Waals surface area contributed by atoms with Crippen molar-refractivity contribution in [2.75, 3.05) is 0 Å². The van der Waals surface area contributed by atoms with Gasteiger partial charge in [-0.2, -0.15) is 0 Å². The molecule has 0 spiro atoms. The minimum absolute atomic E-state index is 1.06. The predicted octanol–water partition coefficient (Wildman–Crippen LogP) is 11.7. The lowest BCUT2D eigenvalue weighted by atomic mass is 10.0. The molecule has 0 fully saturated rings. The maximum atomic E-state index is 2.79. The fourth-order valence-electron chi connectivity index (χ4n) is 12.8. The molecule has 10 aromatic carbocycles. The molecule has 1 aliphatic rings. The molecule has 346 valence electrons. The Kier molecular flexibility index (Phi) is 13.2. The summed E-state index contributed by atoms with van der Waals surface area (Å²) in [5.41, 5.74) is 14.4. The largest absolute Gasteiger partial charge is 0.180 e. The Labute approximate surface area is 425 Å². The van der Waals surface area contributed by atoms with Gasteiger partial charge in [0.2, 0.25) is 0 Å². The molecule has 0 N–H and O–H groups in total. The van der Waals surface area contributed by atoms with Crippen molar-refractivity contribution in [2.24, 2.45) is 0 Å². The molecule has 0 nitrogen and oxygen atoms in total. The van der Waals surface area contributed by atoms with E-state index in [9.17, 15) is 0 Å². The number of hydrogen-bond acceptors (Lipinski definition) is 0. The summed E-state index contributed by atoms with van der Waals surface area (Å²) < 4.78 is 0. The minimum Gasteiger partial charge on any atom is -0.0623 e. The van der Waals surface area contributed by atoms with E-state index in [4.69, 9.17) is 0 Å². The van der Waals surface area contributed by atoms with Gasteiger partial charge in [-0.1, -0.05) is 322 Å². The molecule has 0 amide bonds. The predicted molar refractivity (Wildman–Crippen MR) is 310 cm³/mol. The summed E-state index contributed by atoms with van der Waals surface area (Å²) >= 11 is 0. The molecule has 11 rings (SSSR count). The maximum Gasteiger partial charge on any atom is 0.180 e. The van der Waals surface area contributed by atoms with E-state index in [1.165, 1.54) is 76.4 Å². The molecule has 0 bridgehead atoms. The number of rotatable bonds is 16. The highest BCUT2D eigenvalue weighted by Crippen LogP contribution is 2.34. The number of fused-ring (bicyclic) bond motifs is 3. The molecule has 1 aliphatic heterocycles. The zero-order valence-electron chi connectivity index (χ0n) is 41.1. The van der Waals surface area contributed by atoms with E-state index in [0.717, 1.165) is 36.3 Å². The second-order valence-corrected chi connectivity index (χ2v) is 32.5. The van der Waals surface area contributed by atoms with E-state index in [1.54, 1.807) is 10.4 Å². The SMILES string of the molecule is Cc1cc2c(cc1[Si](Cc1ccccc1)(Cc1ccccc1)Cc1ccccc1)-c1cc([Si](Cc3ccccc3)(Cc3ccccc3)Cc3ccccc3)c(C)cc1[Si]2(c1ccccc1)c1ccccc1. The molecule has 1 heterocycles. The molecule has 71 heavy (non-hydrogen) atoms. The average Bonchev–Trinajstić information content (AvgIpc) is 3.68. The number of hydrogen-bond donors (Lipinski definition) is 0. The Morgan fingerprint density at radius 3 is 0.704 bits per heavy atom. The van der Waals surface area contributed by atoms with Crippen molar-refractivity contribution >= 4 is 55.3 Å². The Morgan fingerprint density at radius 2 is 0.479 bits per heavy atom. The monoisotopic (exact) mass is 962 g/mol. The Bertz CT molecular complexity index is 2910. The van der Waals surface area contributed by atoms with Gasteiger partial charge in [-0.25, -0.2) is 0 Å². The standard InChI is InChI=1S/C68H62Si3/c1-53-43-67-63(45-65(53)69(47-55-27-11-3-12-28-55,48-56-29-13-4-14-30-56)49-57-31-15-5-16-32-57)64-46-66(54(2)44-68(64)71(67,61-39-23-9-24-40-61)62-41-25-10-26-42-62)70(50-58-33-17-6-18-34-58,51-59-35-19-7-20-36-59)52-60-37-21-8-22-38-60/h3-46H,47-52H2,1-2H3. The van der Waals surface area contributed by atoms with Crippen molar-refractivity contribution in [2.45, 2.75) is 50.1 Å². The highest BCUT2D eigenvalue weighted by Gasteiger charge is 2.51. The van der Waals surface area contributed by atoms with E-state index < -0.39 is 24.2 Å². The van der Waals surface area contributed by atoms with E-state index >= 15 is 0 Å². The highest BCUT2D eigenvalue weighted by molar-refractivity contribution is 7.22. The zero-order valence-corrected chi connectivity index (χ0v) is 44.1. The summed E-state index contributed by atoms with van der Waals surface area (Å²) in [6.45, 7) is 4.93. The quantitative estimate of drug-likeness (QED) is 0.0847. The maximum absolute atomic E-state index is 2.87. The first-order valence-corrected chi connectivity index (χ1v) is 32.8. The molecular formula is C68H62Si3. The van der Waals surface area contributed by atoms with Gasteiger partial charge in [0.15, 0.2) is 8.07 Å². The van der Waals surface area contributed by atoms with Crippen molar-refractivity contribution in [1.82, 2.24) is 0 Å². The molecule has 3 heteroatoms. The van der Waals surface area contributed by atoms with Crippen LogP contribution in [0.5, 0.6) is 0 Å². The molecule has 0 saturated carbocycles. The van der Waals surface area contributed by atoms with Gasteiger partial charge in [0.1, 0.15) is 0 Å². The third-order valence-electron chi connectivity index (χ3n) is 15.7. The Morgan fingerprint density at radius 1 is 0.268 bits per heavy atom. The van der Waals surface area contributed by atoms with Gasteiger partial charge in [-0.05, 0) is 82.0 Å². The molecule has 0 atom stereocenters. The lowest BCUT2D eigenvalue weighted by molar-refractivity contribution is 1.14. The summed E-state index contributed by atoms with van der Waals surface area (Å²) in [5, 5.41) is 9.15. The molecule has 0 aliphatic carbocycles. The first-order valence-electron chi connectivity index (χ1n) is 25.6. The Hall–Kier alpha value is -7.15. The van der Waals surface area contributed by atoms with Crippen molar-refractivity contribution < 1.29 is 0 Å². The summed E-state index contributed by atoms with van der Waals surface area (Å²) in [6.07, 6.45) is 0. The smallest absolute Gasteiger partial charge is 0.0623 e. The summed E-state index contributed by atoms with van der Waals surface area (Å²) in [4.78, 5) is 0. The highest BCUT2D eigenvalue weighted by atomic mass is 28.3. The first kappa shape index (κ1) is 46.2. The van der Waals surface area contributed by atoms with Gasteiger partial charge >= 0.3 is 0 Å². The van der Waals surface area contributed by atoms with Gasteiger partial charge in [0.05, 0.1) is 16.1 Å². The van der Waals surface area contributed by atoms with Gasteiger partial charge in [-0.15, -0.1) is 0 Å². The average molecular weight is 964 g/mol. The second-order valence-electron chi connectivity index (χ2n) is 20.4. The van der Waals surface area contributed by atoms with E-state index in [1.807, 2.05) is 0 Å². The van der Waals surface area contributed by atoms with Gasteiger partial charge < -0.3 is 0 Å². The fourth-order valence-corrected chi connectivity index (χ4v) is 28.9. The molecule has 0 aromatic heterocycles. The van der Waals surface area contributed by atoms with Gasteiger partial charge in [-0.3, -0.25) is 0 Å². The Balaban J connectivity index is 1.23. The van der Waals surface area contributed by atoms with Crippen LogP contribution in [0.15, 0.2) is 267 Å². The first-order chi connectivity index (χ1) is 34.9. The number of benzene rings is 10. The third-order valence-corrected chi connectivity index (χ3v) is 30.4. The van der Waals surface area contributed by atoms with Crippen molar-refractivity contribution in [3.8, 4) is 11.1 Å². The molecule has 10 aromatic rings. The van der Waals surface area contributed by atoms with Crippen molar-refractivity contribution in [3.63, 3.8) is 0 Å². The third kappa shape index (κ3) is 9.22. The number of aryl methyl sites for hydroxylation is 2. The van der Waals surface area contributed by atoms with Crippen LogP contribution in [-0.4, -0.2) is 24.2 Å². The molecular weight excluding hydrogens is 901 g/mol. The van der Waals surface area contributed by atoms with Gasteiger partial charge in [0, 0.05) is 0 Å². The summed E-state index contributed by atoms with van der Waals surface area (Å²) in [5.74, 6) is 0. The lowest BCUT2D eigenvalue weighted by Gasteiger charge is -2.36. The van der Waals surface area contributed by atoms with Crippen molar-refractivity contribution in [1.29, 1.82) is 0 Å². The fraction of sp³-hybridized carbons (Fsp3) is 0.118. The van der Waals surface area contributed by atoms with Crippen LogP contribution in [0.3, 0.4) is 0 Å². The van der Waals surface area contributed by atoms with Crippen LogP contribution in [0.2, 0.25) is 0 Å². The normalized spacial score (nSPS) is 12.8. The van der Waals surface area contributed by atoms with Crippen LogP contribution in [-0.2, 0) is 36.3 Å². The minimum atomic E-state index is -2.87. The second kappa shape index (κ2) is 20.3. The van der Waals surface area contributed by atoms with E-state index in [0.29, 0.717) is 0 Å². The molecule has 0 saturated heterocycles. The van der Waals surface area contributed by atoms with Crippen LogP contribution in [0, 0.1) is 13.8 Å². The van der Waals surface area contributed by atoms with Crippen LogP contribution in [0.25, 0.3) is 11.1 Å². The lowest BCUT2D eigenvalue weighted by Crippen LogP contribution is -2.73. The topological polar surface area (TPSA) is 0 Å². The van der Waals surface area contributed by atoms with Crippen LogP contribution < -0.4 is 31.1 Å².